The van der Waals surface area contributed by atoms with Crippen LogP contribution in [0.4, 0.5) is 0 Å². The van der Waals surface area contributed by atoms with E-state index in [1.54, 1.807) is 0 Å². The normalized spacial score (nSPS) is 45.7. The minimum absolute atomic E-state index is 0.838. The van der Waals surface area contributed by atoms with Crippen molar-refractivity contribution in [3.8, 4) is 0 Å². The van der Waals surface area contributed by atoms with E-state index in [9.17, 15) is 0 Å². The van der Waals surface area contributed by atoms with Gasteiger partial charge in [-0.25, -0.2) is 0 Å². The van der Waals surface area contributed by atoms with Crippen molar-refractivity contribution < 1.29 is 0 Å². The Labute approximate surface area is 82.3 Å². The summed E-state index contributed by atoms with van der Waals surface area (Å²) in [5.74, 6) is 3.04. The molecule has 1 N–H and O–H groups in total. The quantitative estimate of drug-likeness (QED) is 0.690. The highest BCUT2D eigenvalue weighted by atomic mass is 14.9. The zero-order valence-corrected chi connectivity index (χ0v) is 9.05. The SMILES string of the molecule is CNC1CCCC1C1CCCC1C. The summed E-state index contributed by atoms with van der Waals surface area (Å²) in [6, 6.07) is 0.838. The van der Waals surface area contributed by atoms with Crippen molar-refractivity contribution in [1.29, 1.82) is 0 Å². The van der Waals surface area contributed by atoms with E-state index in [4.69, 9.17) is 0 Å². The van der Waals surface area contributed by atoms with E-state index >= 15 is 0 Å². The monoisotopic (exact) mass is 181 g/mol. The number of nitrogens with one attached hydrogen (secondary N) is 1. The molecule has 4 atom stereocenters. The minimum Gasteiger partial charge on any atom is -0.317 e. The number of hydrogen-bond donors (Lipinski definition) is 1. The van der Waals surface area contributed by atoms with E-state index in [-0.39, 0.29) is 0 Å². The molecule has 0 aromatic carbocycles. The highest BCUT2D eigenvalue weighted by Gasteiger charge is 2.37. The minimum atomic E-state index is 0.838. The van der Waals surface area contributed by atoms with E-state index < -0.39 is 0 Å². The van der Waals surface area contributed by atoms with Crippen LogP contribution in [0.2, 0.25) is 0 Å². The molecular formula is C12H23N. The molecule has 0 bridgehead atoms. The maximum Gasteiger partial charge on any atom is 0.00950 e. The van der Waals surface area contributed by atoms with Crippen molar-refractivity contribution in [3.05, 3.63) is 0 Å². The molecule has 4 unspecified atom stereocenters. The van der Waals surface area contributed by atoms with Crippen LogP contribution in [0.3, 0.4) is 0 Å². The predicted octanol–water partition coefficient (Wildman–Crippen LogP) is 2.81. The first-order valence-corrected chi connectivity index (χ1v) is 6.00. The van der Waals surface area contributed by atoms with Gasteiger partial charge in [0.15, 0.2) is 0 Å². The van der Waals surface area contributed by atoms with Crippen LogP contribution in [0.5, 0.6) is 0 Å². The molecular weight excluding hydrogens is 158 g/mol. The second-order valence-corrected chi connectivity index (χ2v) is 5.06. The summed E-state index contributed by atoms with van der Waals surface area (Å²) in [6.07, 6.45) is 8.84. The van der Waals surface area contributed by atoms with Crippen LogP contribution in [0.1, 0.15) is 45.4 Å². The van der Waals surface area contributed by atoms with Gasteiger partial charge in [0.25, 0.3) is 0 Å². The smallest absolute Gasteiger partial charge is 0.00950 e. The Kier molecular flexibility index (Phi) is 2.92. The average molecular weight is 181 g/mol. The van der Waals surface area contributed by atoms with Gasteiger partial charge in [0.1, 0.15) is 0 Å². The van der Waals surface area contributed by atoms with Crippen molar-refractivity contribution in [2.45, 2.75) is 51.5 Å². The van der Waals surface area contributed by atoms with E-state index in [0.717, 1.165) is 23.8 Å². The highest BCUT2D eigenvalue weighted by molar-refractivity contribution is 4.90. The third kappa shape index (κ3) is 1.76. The summed E-state index contributed by atoms with van der Waals surface area (Å²) >= 11 is 0. The molecule has 0 heterocycles. The summed E-state index contributed by atoms with van der Waals surface area (Å²) < 4.78 is 0. The fraction of sp³-hybridized carbons (Fsp3) is 1.00. The van der Waals surface area contributed by atoms with Crippen LogP contribution in [0, 0.1) is 17.8 Å². The Hall–Kier alpha value is -0.0400. The summed E-state index contributed by atoms with van der Waals surface area (Å²) in [5.41, 5.74) is 0. The lowest BCUT2D eigenvalue weighted by Gasteiger charge is -2.28. The Morgan fingerprint density at radius 2 is 1.62 bits per heavy atom. The molecule has 0 radical (unpaired) electrons. The van der Waals surface area contributed by atoms with Gasteiger partial charge in [0, 0.05) is 6.04 Å². The van der Waals surface area contributed by atoms with E-state index in [1.165, 1.54) is 38.5 Å². The molecule has 13 heavy (non-hydrogen) atoms. The van der Waals surface area contributed by atoms with Gasteiger partial charge in [-0.05, 0) is 44.1 Å². The van der Waals surface area contributed by atoms with Gasteiger partial charge in [-0.1, -0.05) is 26.2 Å². The molecule has 0 aromatic rings. The van der Waals surface area contributed by atoms with Crippen molar-refractivity contribution in [2.24, 2.45) is 17.8 Å². The first kappa shape index (κ1) is 9.51. The zero-order valence-electron chi connectivity index (χ0n) is 9.05. The van der Waals surface area contributed by atoms with E-state index in [2.05, 4.69) is 19.3 Å². The second-order valence-electron chi connectivity index (χ2n) is 5.06. The molecule has 0 aliphatic heterocycles. The van der Waals surface area contributed by atoms with E-state index in [0.29, 0.717) is 0 Å². The Bertz CT molecular complexity index is 167. The van der Waals surface area contributed by atoms with Crippen LogP contribution in [0.15, 0.2) is 0 Å². The molecule has 2 fully saturated rings. The van der Waals surface area contributed by atoms with Crippen LogP contribution in [0.25, 0.3) is 0 Å². The second kappa shape index (κ2) is 4.00. The van der Waals surface area contributed by atoms with Crippen LogP contribution < -0.4 is 5.32 Å². The number of rotatable bonds is 2. The first-order chi connectivity index (χ1) is 6.33. The maximum atomic E-state index is 3.51. The Morgan fingerprint density at radius 1 is 0.923 bits per heavy atom. The predicted molar refractivity (Wildman–Crippen MR) is 56.7 cm³/mol. The van der Waals surface area contributed by atoms with Crippen molar-refractivity contribution in [1.82, 2.24) is 5.32 Å². The Balaban J connectivity index is 1.98. The molecule has 2 aliphatic carbocycles. The Morgan fingerprint density at radius 3 is 2.23 bits per heavy atom. The van der Waals surface area contributed by atoms with Gasteiger partial charge < -0.3 is 5.32 Å². The number of hydrogen-bond acceptors (Lipinski definition) is 1. The molecule has 0 spiro atoms. The summed E-state index contributed by atoms with van der Waals surface area (Å²) in [5, 5.41) is 3.51. The third-order valence-electron chi connectivity index (χ3n) is 4.42. The summed E-state index contributed by atoms with van der Waals surface area (Å²) in [6.45, 7) is 2.46. The van der Waals surface area contributed by atoms with Gasteiger partial charge in [-0.3, -0.25) is 0 Å². The summed E-state index contributed by atoms with van der Waals surface area (Å²) in [7, 11) is 2.14. The lowest BCUT2D eigenvalue weighted by molar-refractivity contribution is 0.241. The first-order valence-electron chi connectivity index (χ1n) is 6.00. The molecule has 0 aromatic heterocycles. The van der Waals surface area contributed by atoms with Crippen LogP contribution in [-0.4, -0.2) is 13.1 Å². The molecule has 1 heteroatoms. The van der Waals surface area contributed by atoms with E-state index in [1.807, 2.05) is 0 Å². The van der Waals surface area contributed by atoms with Gasteiger partial charge in [0.2, 0.25) is 0 Å². The van der Waals surface area contributed by atoms with Gasteiger partial charge in [-0.2, -0.15) is 0 Å². The maximum absolute atomic E-state index is 3.51. The molecule has 2 aliphatic rings. The fourth-order valence-electron chi connectivity index (χ4n) is 3.67. The van der Waals surface area contributed by atoms with Crippen molar-refractivity contribution in [3.63, 3.8) is 0 Å². The molecule has 1 nitrogen and oxygen atoms in total. The topological polar surface area (TPSA) is 12.0 Å². The van der Waals surface area contributed by atoms with Crippen LogP contribution >= 0.6 is 0 Å². The third-order valence-corrected chi connectivity index (χ3v) is 4.42. The highest BCUT2D eigenvalue weighted by Crippen LogP contribution is 2.43. The fourth-order valence-corrected chi connectivity index (χ4v) is 3.67. The zero-order chi connectivity index (χ0) is 9.26. The van der Waals surface area contributed by atoms with Crippen molar-refractivity contribution in [2.75, 3.05) is 7.05 Å². The molecule has 0 saturated heterocycles. The largest absolute Gasteiger partial charge is 0.317 e. The van der Waals surface area contributed by atoms with Crippen LogP contribution in [-0.2, 0) is 0 Å². The standard InChI is InChI=1S/C12H23N/c1-9-5-3-6-10(9)11-7-4-8-12(11)13-2/h9-13H,3-8H2,1-2H3. The molecule has 2 rings (SSSR count). The van der Waals surface area contributed by atoms with Crippen molar-refractivity contribution >= 4 is 0 Å². The molecule has 76 valence electrons. The van der Waals surface area contributed by atoms with Gasteiger partial charge in [-0.15, -0.1) is 0 Å². The summed E-state index contributed by atoms with van der Waals surface area (Å²) in [4.78, 5) is 0. The molecule has 0 amide bonds. The lowest BCUT2D eigenvalue weighted by Crippen LogP contribution is -2.34. The molecule has 2 saturated carbocycles. The average Bonchev–Trinajstić information content (AvgIpc) is 2.71. The van der Waals surface area contributed by atoms with Gasteiger partial charge in [0.05, 0.1) is 0 Å². The lowest BCUT2D eigenvalue weighted by atomic mass is 9.81. The van der Waals surface area contributed by atoms with Gasteiger partial charge >= 0.3 is 0 Å².